The minimum atomic E-state index is -0.992. The third kappa shape index (κ3) is 5.64. The van der Waals surface area contributed by atoms with Gasteiger partial charge in [0.15, 0.2) is 0 Å². The molecule has 2 aromatic rings. The summed E-state index contributed by atoms with van der Waals surface area (Å²) in [7, 11) is 1.36. The van der Waals surface area contributed by atoms with Crippen LogP contribution in [0.3, 0.4) is 0 Å². The van der Waals surface area contributed by atoms with Crippen LogP contribution in [0.4, 0.5) is 0 Å². The van der Waals surface area contributed by atoms with Crippen LogP contribution in [-0.4, -0.2) is 30.8 Å². The minimum Gasteiger partial charge on any atom is -0.488 e. The Morgan fingerprint density at radius 2 is 1.84 bits per heavy atom. The average Bonchev–Trinajstić information content (AvgIpc) is 2.63. The van der Waals surface area contributed by atoms with Crippen molar-refractivity contribution in [2.24, 2.45) is 0 Å². The molecule has 0 heterocycles. The smallest absolute Gasteiger partial charge is 0.334 e. The first-order valence-electron chi connectivity index (χ1n) is 8.21. The van der Waals surface area contributed by atoms with Gasteiger partial charge in [0.25, 0.3) is 0 Å². The molecule has 5 heteroatoms. The maximum Gasteiger partial charge on any atom is 0.334 e. The molecule has 0 bridgehead atoms. The summed E-state index contributed by atoms with van der Waals surface area (Å²) in [5.41, 5.74) is 0.214. The van der Waals surface area contributed by atoms with E-state index in [1.165, 1.54) is 7.11 Å². The Morgan fingerprint density at radius 1 is 1.08 bits per heavy atom. The Morgan fingerprint density at radius 3 is 2.60 bits per heavy atom. The number of esters is 1. The zero-order valence-corrected chi connectivity index (χ0v) is 14.2. The van der Waals surface area contributed by atoms with E-state index in [2.05, 4.69) is 4.74 Å². The lowest BCUT2D eigenvalue weighted by Gasteiger charge is -2.10. The number of rotatable bonds is 9. The van der Waals surface area contributed by atoms with Gasteiger partial charge in [0.2, 0.25) is 0 Å². The van der Waals surface area contributed by atoms with Crippen molar-refractivity contribution in [3.8, 4) is 5.75 Å². The van der Waals surface area contributed by atoms with Gasteiger partial charge in [0, 0.05) is 11.8 Å². The van der Waals surface area contributed by atoms with E-state index in [0.717, 1.165) is 17.2 Å². The SMILES string of the molecule is COC(=O)CCCCC=C(COc1cccc2ccccc12)C(=O)O. The molecule has 0 saturated heterocycles. The Balaban J connectivity index is 1.93. The van der Waals surface area contributed by atoms with Crippen molar-refractivity contribution in [2.45, 2.75) is 25.7 Å². The maximum atomic E-state index is 11.4. The van der Waals surface area contributed by atoms with Crippen LogP contribution in [0.2, 0.25) is 0 Å². The molecule has 0 fully saturated rings. The lowest BCUT2D eigenvalue weighted by molar-refractivity contribution is -0.140. The topological polar surface area (TPSA) is 72.8 Å². The number of aliphatic carboxylic acids is 1. The van der Waals surface area contributed by atoms with Crippen molar-refractivity contribution in [1.29, 1.82) is 0 Å². The summed E-state index contributed by atoms with van der Waals surface area (Å²) < 4.78 is 10.3. The van der Waals surface area contributed by atoms with E-state index in [0.29, 0.717) is 25.0 Å². The standard InChI is InChI=1S/C20H22O5/c1-24-19(21)13-4-2-3-9-16(20(22)23)14-25-18-12-7-10-15-8-5-6-11-17(15)18/h5-12H,2-4,13-14H2,1H3,(H,22,23). The molecule has 0 aliphatic heterocycles. The zero-order chi connectivity index (χ0) is 18.1. The van der Waals surface area contributed by atoms with Gasteiger partial charge in [-0.25, -0.2) is 4.79 Å². The van der Waals surface area contributed by atoms with E-state index < -0.39 is 5.97 Å². The molecule has 0 aliphatic rings. The molecule has 2 aromatic carbocycles. The largest absolute Gasteiger partial charge is 0.488 e. The van der Waals surface area contributed by atoms with Crippen LogP contribution in [0.25, 0.3) is 10.8 Å². The van der Waals surface area contributed by atoms with Crippen LogP contribution in [0.5, 0.6) is 5.75 Å². The van der Waals surface area contributed by atoms with Crippen molar-refractivity contribution >= 4 is 22.7 Å². The summed E-state index contributed by atoms with van der Waals surface area (Å²) in [6.07, 6.45) is 3.97. The Bertz CT molecular complexity index is 758. The second kappa shape index (κ2) is 9.47. The van der Waals surface area contributed by atoms with Gasteiger partial charge in [-0.15, -0.1) is 0 Å². The van der Waals surface area contributed by atoms with Crippen molar-refractivity contribution in [2.75, 3.05) is 13.7 Å². The summed E-state index contributed by atoms with van der Waals surface area (Å²) in [6.45, 7) is 0.000340. The number of ether oxygens (including phenoxy) is 2. The molecule has 0 radical (unpaired) electrons. The van der Waals surface area contributed by atoms with Crippen LogP contribution in [0, 0.1) is 0 Å². The fraction of sp³-hybridized carbons (Fsp3) is 0.300. The highest BCUT2D eigenvalue weighted by molar-refractivity contribution is 5.89. The van der Waals surface area contributed by atoms with Crippen LogP contribution in [0.1, 0.15) is 25.7 Å². The third-order valence-electron chi connectivity index (χ3n) is 3.86. The van der Waals surface area contributed by atoms with Gasteiger partial charge < -0.3 is 14.6 Å². The lowest BCUT2D eigenvalue weighted by atomic mass is 10.1. The number of methoxy groups -OCH3 is 1. The molecule has 1 N–H and O–H groups in total. The summed E-state index contributed by atoms with van der Waals surface area (Å²) >= 11 is 0. The number of carboxylic acid groups (broad SMARTS) is 1. The first kappa shape index (κ1) is 18.5. The predicted molar refractivity (Wildman–Crippen MR) is 95.6 cm³/mol. The number of carbonyl (C=O) groups excluding carboxylic acids is 1. The number of allylic oxidation sites excluding steroid dienone is 1. The van der Waals surface area contributed by atoms with Gasteiger partial charge in [0.1, 0.15) is 12.4 Å². The average molecular weight is 342 g/mol. The highest BCUT2D eigenvalue weighted by Crippen LogP contribution is 2.25. The second-order valence-electron chi connectivity index (χ2n) is 5.62. The molecule has 0 aliphatic carbocycles. The summed E-state index contributed by atoms with van der Waals surface area (Å²) in [4.78, 5) is 22.4. The van der Waals surface area contributed by atoms with Gasteiger partial charge in [0.05, 0.1) is 12.7 Å². The molecular weight excluding hydrogens is 320 g/mol. The van der Waals surface area contributed by atoms with Crippen LogP contribution < -0.4 is 4.74 Å². The number of carboxylic acids is 1. The summed E-state index contributed by atoms with van der Waals surface area (Å²) in [6, 6.07) is 13.5. The number of hydrogen-bond donors (Lipinski definition) is 1. The van der Waals surface area contributed by atoms with E-state index in [1.807, 2.05) is 42.5 Å². The molecule has 0 saturated carbocycles. The van der Waals surface area contributed by atoms with Crippen LogP contribution >= 0.6 is 0 Å². The Hall–Kier alpha value is -2.82. The monoisotopic (exact) mass is 342 g/mol. The van der Waals surface area contributed by atoms with Gasteiger partial charge in [-0.2, -0.15) is 0 Å². The molecule has 5 nitrogen and oxygen atoms in total. The molecular formula is C20H22O5. The van der Waals surface area contributed by atoms with E-state index in [1.54, 1.807) is 6.08 Å². The normalized spacial score (nSPS) is 11.3. The fourth-order valence-corrected chi connectivity index (χ4v) is 2.48. The van der Waals surface area contributed by atoms with Crippen LogP contribution in [-0.2, 0) is 14.3 Å². The zero-order valence-electron chi connectivity index (χ0n) is 14.2. The quantitative estimate of drug-likeness (QED) is 0.424. The summed E-state index contributed by atoms with van der Waals surface area (Å²) in [5.74, 6) is -0.578. The molecule has 0 spiro atoms. The van der Waals surface area contributed by atoms with E-state index in [9.17, 15) is 14.7 Å². The first-order valence-corrected chi connectivity index (χ1v) is 8.21. The van der Waals surface area contributed by atoms with E-state index in [4.69, 9.17) is 4.74 Å². The second-order valence-corrected chi connectivity index (χ2v) is 5.62. The van der Waals surface area contributed by atoms with Gasteiger partial charge >= 0.3 is 11.9 Å². The molecule has 0 atom stereocenters. The Labute approximate surface area is 146 Å². The van der Waals surface area contributed by atoms with Crippen molar-refractivity contribution < 1.29 is 24.2 Å². The molecule has 0 amide bonds. The van der Waals surface area contributed by atoms with Crippen molar-refractivity contribution in [3.63, 3.8) is 0 Å². The molecule has 25 heavy (non-hydrogen) atoms. The molecule has 0 unspecified atom stereocenters. The van der Waals surface area contributed by atoms with Gasteiger partial charge in [-0.05, 0) is 30.7 Å². The number of benzene rings is 2. The maximum absolute atomic E-state index is 11.4. The van der Waals surface area contributed by atoms with Crippen molar-refractivity contribution in [1.82, 2.24) is 0 Å². The highest BCUT2D eigenvalue weighted by Gasteiger charge is 2.09. The van der Waals surface area contributed by atoms with E-state index in [-0.39, 0.29) is 18.1 Å². The minimum absolute atomic E-state index is 0.000340. The number of carbonyl (C=O) groups is 2. The van der Waals surface area contributed by atoms with Crippen LogP contribution in [0.15, 0.2) is 54.1 Å². The number of fused-ring (bicyclic) bond motifs is 1. The fourth-order valence-electron chi connectivity index (χ4n) is 2.48. The molecule has 132 valence electrons. The van der Waals surface area contributed by atoms with Crippen molar-refractivity contribution in [3.05, 3.63) is 54.1 Å². The Kier molecular flexibility index (Phi) is 7.01. The third-order valence-corrected chi connectivity index (χ3v) is 3.86. The van der Waals surface area contributed by atoms with Gasteiger partial charge in [-0.1, -0.05) is 42.5 Å². The number of hydrogen-bond acceptors (Lipinski definition) is 4. The molecule has 2 rings (SSSR count). The first-order chi connectivity index (χ1) is 12.1. The lowest BCUT2D eigenvalue weighted by Crippen LogP contribution is -2.10. The predicted octanol–water partition coefficient (Wildman–Crippen LogP) is 3.96. The van der Waals surface area contributed by atoms with Gasteiger partial charge in [-0.3, -0.25) is 4.79 Å². The molecule has 0 aromatic heterocycles. The highest BCUT2D eigenvalue weighted by atomic mass is 16.5. The summed E-state index contributed by atoms with van der Waals surface area (Å²) in [5, 5.41) is 11.3. The van der Waals surface area contributed by atoms with E-state index >= 15 is 0 Å². The number of unbranched alkanes of at least 4 members (excludes halogenated alkanes) is 2.